The predicted molar refractivity (Wildman–Crippen MR) is 57.2 cm³/mol. The number of unbranched alkanes of at least 4 members (excludes halogenated alkanes) is 2. The summed E-state index contributed by atoms with van der Waals surface area (Å²) in [4.78, 5) is 0. The summed E-state index contributed by atoms with van der Waals surface area (Å²) in [5.74, 6) is 0. The van der Waals surface area contributed by atoms with Crippen molar-refractivity contribution in [2.45, 2.75) is 40.0 Å². The Kier molecular flexibility index (Phi) is 5.44. The van der Waals surface area contributed by atoms with Gasteiger partial charge in [0.05, 0.1) is 0 Å². The summed E-state index contributed by atoms with van der Waals surface area (Å²) >= 11 is 0. The molecule has 0 unspecified atom stereocenters. The minimum absolute atomic E-state index is 1.12. The van der Waals surface area contributed by atoms with E-state index in [2.05, 4.69) is 26.2 Å². The monoisotopic (exact) mass is 164 g/mol. The summed E-state index contributed by atoms with van der Waals surface area (Å²) in [7, 11) is 0. The second kappa shape index (κ2) is 5.82. The molecule has 0 rings (SSSR count). The molecule has 0 aliphatic carbocycles. The summed E-state index contributed by atoms with van der Waals surface area (Å²) in [5.41, 5.74) is 3.49. The normalized spacial score (nSPS) is 9.25. The molecule has 0 saturated carbocycles. The highest BCUT2D eigenvalue weighted by molar-refractivity contribution is 5.41. The third-order valence-electron chi connectivity index (χ3n) is 1.83. The maximum atomic E-state index is 3.93. The van der Waals surface area contributed by atoms with Crippen LogP contribution >= 0.6 is 0 Å². The lowest BCUT2D eigenvalue weighted by atomic mass is 10.0. The Morgan fingerprint density at radius 2 is 1.67 bits per heavy atom. The number of hydrogen-bond acceptors (Lipinski definition) is 0. The van der Waals surface area contributed by atoms with Gasteiger partial charge in [0, 0.05) is 0 Å². The van der Waals surface area contributed by atoms with Gasteiger partial charge in [-0.1, -0.05) is 50.1 Å². The molecule has 0 amide bonds. The molecule has 0 bridgehead atoms. The van der Waals surface area contributed by atoms with Gasteiger partial charge in [0.25, 0.3) is 0 Å². The molecule has 0 aliphatic rings. The van der Waals surface area contributed by atoms with E-state index in [9.17, 15) is 0 Å². The fourth-order valence-electron chi connectivity index (χ4n) is 1.16. The van der Waals surface area contributed by atoms with Gasteiger partial charge in [0.15, 0.2) is 0 Å². The summed E-state index contributed by atoms with van der Waals surface area (Å²) in [6.07, 6.45) is 5.89. The SMILES string of the molecule is C=C(C)C(=CCCCC)C(=C)C. The van der Waals surface area contributed by atoms with Gasteiger partial charge in [-0.15, -0.1) is 0 Å². The van der Waals surface area contributed by atoms with Crippen LogP contribution in [0.5, 0.6) is 0 Å². The van der Waals surface area contributed by atoms with Gasteiger partial charge in [0.2, 0.25) is 0 Å². The van der Waals surface area contributed by atoms with Crippen molar-refractivity contribution in [3.8, 4) is 0 Å². The van der Waals surface area contributed by atoms with Crippen LogP contribution in [-0.4, -0.2) is 0 Å². The second-order valence-electron chi connectivity index (χ2n) is 3.32. The molecule has 0 nitrogen and oxygen atoms in total. The van der Waals surface area contributed by atoms with E-state index >= 15 is 0 Å². The Morgan fingerprint density at radius 1 is 1.17 bits per heavy atom. The zero-order chi connectivity index (χ0) is 9.56. The first kappa shape index (κ1) is 11.2. The summed E-state index contributed by atoms with van der Waals surface area (Å²) in [6.45, 7) is 14.1. The highest BCUT2D eigenvalue weighted by Crippen LogP contribution is 2.16. The maximum Gasteiger partial charge on any atom is -0.0250 e. The van der Waals surface area contributed by atoms with Crippen LogP contribution in [-0.2, 0) is 0 Å². The Balaban J connectivity index is 4.20. The zero-order valence-electron chi connectivity index (χ0n) is 8.61. The van der Waals surface area contributed by atoms with E-state index in [4.69, 9.17) is 0 Å². The fourth-order valence-corrected chi connectivity index (χ4v) is 1.16. The molecule has 0 aliphatic heterocycles. The Morgan fingerprint density at radius 3 is 2.00 bits per heavy atom. The van der Waals surface area contributed by atoms with E-state index in [-0.39, 0.29) is 0 Å². The van der Waals surface area contributed by atoms with Crippen LogP contribution in [0.1, 0.15) is 40.0 Å². The van der Waals surface area contributed by atoms with Crippen LogP contribution in [0.25, 0.3) is 0 Å². The van der Waals surface area contributed by atoms with Crippen molar-refractivity contribution in [3.63, 3.8) is 0 Å². The summed E-state index contributed by atoms with van der Waals surface area (Å²) in [6, 6.07) is 0. The van der Waals surface area contributed by atoms with Crippen LogP contribution in [0.4, 0.5) is 0 Å². The van der Waals surface area contributed by atoms with Gasteiger partial charge in [0.1, 0.15) is 0 Å². The third-order valence-corrected chi connectivity index (χ3v) is 1.83. The smallest absolute Gasteiger partial charge is 0.0250 e. The number of allylic oxidation sites excluding steroid dienone is 4. The van der Waals surface area contributed by atoms with Crippen LogP contribution < -0.4 is 0 Å². The molecular weight excluding hydrogens is 144 g/mol. The molecule has 0 aromatic heterocycles. The average molecular weight is 164 g/mol. The van der Waals surface area contributed by atoms with E-state index in [0.717, 1.165) is 17.6 Å². The molecule has 0 aromatic carbocycles. The molecule has 0 heteroatoms. The summed E-state index contributed by atoms with van der Waals surface area (Å²) < 4.78 is 0. The molecule has 0 radical (unpaired) electrons. The molecule has 0 aromatic rings. The van der Waals surface area contributed by atoms with Crippen molar-refractivity contribution in [2.75, 3.05) is 0 Å². The van der Waals surface area contributed by atoms with Gasteiger partial charge in [-0.25, -0.2) is 0 Å². The zero-order valence-corrected chi connectivity index (χ0v) is 8.61. The summed E-state index contributed by atoms with van der Waals surface area (Å²) in [5, 5.41) is 0. The van der Waals surface area contributed by atoms with E-state index in [0.29, 0.717) is 0 Å². The van der Waals surface area contributed by atoms with Crippen LogP contribution in [0.3, 0.4) is 0 Å². The number of hydrogen-bond donors (Lipinski definition) is 0. The molecule has 0 saturated heterocycles. The van der Waals surface area contributed by atoms with E-state index < -0.39 is 0 Å². The Labute approximate surface area is 76.7 Å². The van der Waals surface area contributed by atoms with Crippen molar-refractivity contribution >= 4 is 0 Å². The topological polar surface area (TPSA) is 0 Å². The maximum absolute atomic E-state index is 3.93. The van der Waals surface area contributed by atoms with E-state index in [1.165, 1.54) is 18.4 Å². The quantitative estimate of drug-likeness (QED) is 0.421. The molecule has 0 spiro atoms. The predicted octanol–water partition coefficient (Wildman–Crippen LogP) is 4.26. The van der Waals surface area contributed by atoms with Crippen molar-refractivity contribution in [1.29, 1.82) is 0 Å². The van der Waals surface area contributed by atoms with Crippen molar-refractivity contribution in [3.05, 3.63) is 36.0 Å². The standard InChI is InChI=1S/C12H20/c1-6-7-8-9-12(10(2)3)11(4)5/h9H,2,4,6-8H2,1,3,5H3. The lowest BCUT2D eigenvalue weighted by Gasteiger charge is -2.05. The first-order valence-corrected chi connectivity index (χ1v) is 4.61. The largest absolute Gasteiger partial charge is 0.0955 e. The van der Waals surface area contributed by atoms with Gasteiger partial charge in [-0.3, -0.25) is 0 Å². The fraction of sp³-hybridized carbons (Fsp3) is 0.500. The number of rotatable bonds is 5. The lowest BCUT2D eigenvalue weighted by molar-refractivity contribution is 0.812. The highest BCUT2D eigenvalue weighted by atomic mass is 14.0. The first-order chi connectivity index (χ1) is 5.59. The Bertz CT molecular complexity index is 178. The molecule has 0 fully saturated rings. The van der Waals surface area contributed by atoms with Gasteiger partial charge in [-0.05, 0) is 25.8 Å². The average Bonchev–Trinajstić information content (AvgIpc) is 1.96. The van der Waals surface area contributed by atoms with Crippen LogP contribution in [0.2, 0.25) is 0 Å². The lowest BCUT2D eigenvalue weighted by Crippen LogP contribution is -1.85. The molecular formula is C12H20. The highest BCUT2D eigenvalue weighted by Gasteiger charge is 1.96. The van der Waals surface area contributed by atoms with Crippen molar-refractivity contribution in [1.82, 2.24) is 0 Å². The minimum Gasteiger partial charge on any atom is -0.0955 e. The van der Waals surface area contributed by atoms with Crippen molar-refractivity contribution in [2.24, 2.45) is 0 Å². The molecule has 0 N–H and O–H groups in total. The molecule has 68 valence electrons. The second-order valence-corrected chi connectivity index (χ2v) is 3.32. The van der Waals surface area contributed by atoms with E-state index in [1.54, 1.807) is 0 Å². The van der Waals surface area contributed by atoms with Crippen molar-refractivity contribution < 1.29 is 0 Å². The van der Waals surface area contributed by atoms with E-state index in [1.807, 2.05) is 13.8 Å². The van der Waals surface area contributed by atoms with Crippen LogP contribution in [0.15, 0.2) is 36.0 Å². The first-order valence-electron chi connectivity index (χ1n) is 4.61. The third kappa shape index (κ3) is 4.17. The molecule has 12 heavy (non-hydrogen) atoms. The van der Waals surface area contributed by atoms with Gasteiger partial charge in [-0.2, -0.15) is 0 Å². The molecule has 0 heterocycles. The minimum atomic E-state index is 1.12. The molecule has 0 atom stereocenters. The van der Waals surface area contributed by atoms with Gasteiger partial charge >= 0.3 is 0 Å². The Hall–Kier alpha value is -0.780. The van der Waals surface area contributed by atoms with Crippen LogP contribution in [0, 0.1) is 0 Å². The van der Waals surface area contributed by atoms with Gasteiger partial charge < -0.3 is 0 Å².